The smallest absolute Gasteiger partial charge is 0.349 e. The highest BCUT2D eigenvalue weighted by Crippen LogP contribution is 2.60. The third kappa shape index (κ3) is 3.39. The number of azide groups is 1. The quantitative estimate of drug-likeness (QED) is 0.227. The predicted octanol–water partition coefficient (Wildman–Crippen LogP) is 2.58. The van der Waals surface area contributed by atoms with Gasteiger partial charge >= 0.3 is 7.82 Å². The fraction of sp³-hybridized carbons (Fsp3) is 0.750. The van der Waals surface area contributed by atoms with Crippen molar-refractivity contribution in [3.8, 4) is 0 Å². The van der Waals surface area contributed by atoms with Crippen molar-refractivity contribution in [3.63, 3.8) is 0 Å². The van der Waals surface area contributed by atoms with Crippen molar-refractivity contribution in [1.29, 1.82) is 0 Å². The van der Waals surface area contributed by atoms with Gasteiger partial charge in [-0.25, -0.2) is 4.57 Å². The molecule has 4 aliphatic rings. The summed E-state index contributed by atoms with van der Waals surface area (Å²) < 4.78 is 35.6. The van der Waals surface area contributed by atoms with Gasteiger partial charge in [-0.2, -0.15) is 0 Å². The Labute approximate surface area is 161 Å². The second-order valence-electron chi connectivity index (χ2n) is 7.48. The van der Waals surface area contributed by atoms with Crippen LogP contribution in [0.4, 0.5) is 0 Å². The first kappa shape index (κ1) is 19.6. The van der Waals surface area contributed by atoms with E-state index < -0.39 is 37.7 Å². The Bertz CT molecular complexity index is 807. The molecular formula is C16H21N4O7P. The van der Waals surface area contributed by atoms with E-state index in [0.717, 1.165) is 25.7 Å². The Morgan fingerprint density at radius 1 is 1.39 bits per heavy atom. The fourth-order valence-electron chi connectivity index (χ4n) is 4.06. The minimum absolute atomic E-state index is 0.0909. The standard InChI is InChI=1S/C16H21N4O7P/c1-16(18-19-17)14-12(25-15(16)20-7-6-10(21)8-13(20)22)9-24-28(23,27-14)26-11-4-2-3-5-11/h6-7,11-12,14-15H,2-5,8-9H2,1H3/t12-,14-,15-,16-,28?/m1/s1. The Morgan fingerprint density at radius 2 is 2.14 bits per heavy atom. The Morgan fingerprint density at radius 3 is 2.82 bits per heavy atom. The summed E-state index contributed by atoms with van der Waals surface area (Å²) in [5.41, 5.74) is 7.72. The Kier molecular flexibility index (Phi) is 5.07. The Hall–Kier alpha value is -1.74. The molecule has 12 heteroatoms. The first-order valence-corrected chi connectivity index (χ1v) is 10.7. The molecule has 0 spiro atoms. The number of hydrogen-bond donors (Lipinski definition) is 0. The summed E-state index contributed by atoms with van der Waals surface area (Å²) in [5, 5.41) is 3.83. The summed E-state index contributed by atoms with van der Waals surface area (Å²) in [6.45, 7) is 1.47. The molecule has 2 saturated heterocycles. The molecule has 11 nitrogen and oxygen atoms in total. The average Bonchev–Trinajstić information content (AvgIpc) is 3.22. The van der Waals surface area contributed by atoms with Crippen molar-refractivity contribution in [3.05, 3.63) is 22.7 Å². The fourth-order valence-corrected chi connectivity index (χ4v) is 5.77. The average molecular weight is 412 g/mol. The molecule has 152 valence electrons. The highest BCUT2D eigenvalue weighted by atomic mass is 31.2. The number of ketones is 1. The van der Waals surface area contributed by atoms with Crippen LogP contribution in [-0.4, -0.2) is 53.3 Å². The van der Waals surface area contributed by atoms with Crippen LogP contribution in [0.5, 0.6) is 0 Å². The number of phosphoric acid groups is 1. The number of carbonyl (C=O) groups is 2. The molecule has 1 unspecified atom stereocenters. The maximum absolute atomic E-state index is 13.0. The first-order valence-electron chi connectivity index (χ1n) is 9.20. The molecule has 0 aromatic heterocycles. The molecule has 4 rings (SSSR count). The summed E-state index contributed by atoms with van der Waals surface area (Å²) >= 11 is 0. The van der Waals surface area contributed by atoms with Crippen LogP contribution in [0.25, 0.3) is 10.4 Å². The van der Waals surface area contributed by atoms with E-state index in [-0.39, 0.29) is 24.9 Å². The van der Waals surface area contributed by atoms with Crippen molar-refractivity contribution < 1.29 is 32.5 Å². The van der Waals surface area contributed by atoms with Gasteiger partial charge in [-0.1, -0.05) is 18.0 Å². The Balaban J connectivity index is 1.60. The van der Waals surface area contributed by atoms with Crippen molar-refractivity contribution in [2.75, 3.05) is 6.61 Å². The zero-order valence-corrected chi connectivity index (χ0v) is 16.2. The van der Waals surface area contributed by atoms with Gasteiger partial charge in [-0.05, 0) is 31.4 Å². The van der Waals surface area contributed by atoms with Gasteiger partial charge in [-0.3, -0.25) is 28.1 Å². The molecular weight excluding hydrogens is 391 g/mol. The van der Waals surface area contributed by atoms with Crippen molar-refractivity contribution in [2.45, 2.75) is 69.1 Å². The van der Waals surface area contributed by atoms with Crippen LogP contribution >= 0.6 is 7.82 Å². The summed E-state index contributed by atoms with van der Waals surface area (Å²) in [5.74, 6) is -0.807. The number of fused-ring (bicyclic) bond motifs is 1. The maximum atomic E-state index is 13.0. The normalized spacial score (nSPS) is 41.2. The molecule has 0 bridgehead atoms. The minimum Gasteiger partial charge on any atom is -0.349 e. The van der Waals surface area contributed by atoms with Gasteiger partial charge in [0.05, 0.1) is 19.1 Å². The molecule has 1 amide bonds. The van der Waals surface area contributed by atoms with Gasteiger partial charge in [0.15, 0.2) is 12.0 Å². The topological polar surface area (TPSA) is 140 Å². The summed E-state index contributed by atoms with van der Waals surface area (Å²) in [6.07, 6.45) is 2.89. The highest BCUT2D eigenvalue weighted by molar-refractivity contribution is 7.48. The number of amides is 1. The van der Waals surface area contributed by atoms with Crippen molar-refractivity contribution in [2.24, 2.45) is 5.11 Å². The van der Waals surface area contributed by atoms with Crippen LogP contribution in [0, 0.1) is 0 Å². The van der Waals surface area contributed by atoms with Crippen molar-refractivity contribution >= 4 is 19.5 Å². The van der Waals surface area contributed by atoms with E-state index in [9.17, 15) is 14.2 Å². The van der Waals surface area contributed by atoms with Gasteiger partial charge < -0.3 is 4.74 Å². The lowest BCUT2D eigenvalue weighted by Gasteiger charge is -2.38. The number of rotatable bonds is 4. The zero-order valence-electron chi connectivity index (χ0n) is 15.3. The van der Waals surface area contributed by atoms with E-state index >= 15 is 0 Å². The molecule has 5 atom stereocenters. The highest BCUT2D eigenvalue weighted by Gasteiger charge is 2.62. The summed E-state index contributed by atoms with van der Waals surface area (Å²) in [4.78, 5) is 27.9. The summed E-state index contributed by atoms with van der Waals surface area (Å²) in [7, 11) is -3.87. The molecule has 3 aliphatic heterocycles. The molecule has 0 N–H and O–H groups in total. The number of nitrogens with zero attached hydrogens (tertiary/aromatic N) is 4. The van der Waals surface area contributed by atoms with Crippen LogP contribution in [0.2, 0.25) is 0 Å². The number of phosphoric ester groups is 1. The summed E-state index contributed by atoms with van der Waals surface area (Å²) in [6, 6.07) is 0. The molecule has 3 heterocycles. The first-order chi connectivity index (χ1) is 13.3. The van der Waals surface area contributed by atoms with E-state index in [1.807, 2.05) is 0 Å². The lowest BCUT2D eigenvalue weighted by Crippen LogP contribution is -2.53. The zero-order chi connectivity index (χ0) is 19.9. The third-order valence-electron chi connectivity index (χ3n) is 5.48. The van der Waals surface area contributed by atoms with E-state index in [1.54, 1.807) is 6.92 Å². The van der Waals surface area contributed by atoms with E-state index in [1.165, 1.54) is 17.2 Å². The molecule has 3 fully saturated rings. The second kappa shape index (κ2) is 7.26. The SMILES string of the molecule is C[C@@]1(N=[N+]=[N-])[C@@H]2OP(=O)(OC3CCCC3)OC[C@H]2O[C@H]1N1C=CC(=O)CC1=O. The van der Waals surface area contributed by atoms with Gasteiger partial charge in [0.1, 0.15) is 17.7 Å². The number of allylic oxidation sites excluding steroid dienone is 1. The van der Waals surface area contributed by atoms with Gasteiger partial charge in [0.2, 0.25) is 5.91 Å². The maximum Gasteiger partial charge on any atom is 0.475 e. The number of hydrogen-bond acceptors (Lipinski definition) is 8. The van der Waals surface area contributed by atoms with Gasteiger partial charge in [-0.15, -0.1) is 0 Å². The lowest BCUT2D eigenvalue weighted by molar-refractivity contribution is -0.146. The number of ether oxygens (including phenoxy) is 1. The van der Waals surface area contributed by atoms with E-state index in [0.29, 0.717) is 0 Å². The number of carbonyl (C=O) groups excluding carboxylic acids is 2. The van der Waals surface area contributed by atoms with Gasteiger partial charge in [0, 0.05) is 11.1 Å². The largest absolute Gasteiger partial charge is 0.475 e. The molecule has 0 aromatic carbocycles. The van der Waals surface area contributed by atoms with E-state index in [4.69, 9.17) is 23.8 Å². The van der Waals surface area contributed by atoms with E-state index in [2.05, 4.69) is 10.0 Å². The molecule has 0 radical (unpaired) electrons. The van der Waals surface area contributed by atoms with Crippen LogP contribution in [0.3, 0.4) is 0 Å². The minimum atomic E-state index is -3.87. The van der Waals surface area contributed by atoms with Crippen LogP contribution in [0.1, 0.15) is 39.0 Å². The molecule has 0 aromatic rings. The monoisotopic (exact) mass is 412 g/mol. The third-order valence-corrected chi connectivity index (χ3v) is 6.99. The van der Waals surface area contributed by atoms with Crippen LogP contribution < -0.4 is 0 Å². The van der Waals surface area contributed by atoms with Crippen LogP contribution in [-0.2, 0) is 32.5 Å². The lowest BCUT2D eigenvalue weighted by atomic mass is 9.92. The molecule has 1 aliphatic carbocycles. The van der Waals surface area contributed by atoms with Crippen molar-refractivity contribution in [1.82, 2.24) is 4.90 Å². The van der Waals surface area contributed by atoms with Gasteiger partial charge in [0.25, 0.3) is 0 Å². The molecule has 1 saturated carbocycles. The predicted molar refractivity (Wildman–Crippen MR) is 93.6 cm³/mol. The molecule has 28 heavy (non-hydrogen) atoms. The van der Waals surface area contributed by atoms with Crippen LogP contribution in [0.15, 0.2) is 17.4 Å². The second-order valence-corrected chi connectivity index (χ2v) is 9.06.